The van der Waals surface area contributed by atoms with Crippen molar-refractivity contribution in [3.05, 3.63) is 76.1 Å². The normalized spacial score (nSPS) is 21.0. The highest BCUT2D eigenvalue weighted by Crippen LogP contribution is 2.32. The third kappa shape index (κ3) is 6.77. The predicted octanol–water partition coefficient (Wildman–Crippen LogP) is 3.80. The first-order valence-electron chi connectivity index (χ1n) is 18.5. The smallest absolute Gasteiger partial charge is 0.262 e. The Morgan fingerprint density at radius 1 is 0.852 bits per heavy atom. The average molecular weight is 734 g/mol. The first kappa shape index (κ1) is 35.3. The molecule has 3 N–H and O–H groups in total. The van der Waals surface area contributed by atoms with Crippen molar-refractivity contribution < 1.29 is 28.7 Å². The molecule has 0 spiro atoms. The van der Waals surface area contributed by atoms with E-state index in [9.17, 15) is 24.0 Å². The van der Waals surface area contributed by atoms with Gasteiger partial charge in [-0.3, -0.25) is 34.2 Å². The summed E-state index contributed by atoms with van der Waals surface area (Å²) in [4.78, 5) is 77.0. The molecular formula is C40H43N7O7. The Morgan fingerprint density at radius 2 is 1.63 bits per heavy atom. The number of benzene rings is 3. The van der Waals surface area contributed by atoms with Crippen LogP contribution in [0.2, 0.25) is 0 Å². The highest BCUT2D eigenvalue weighted by molar-refractivity contribution is 6.23. The lowest BCUT2D eigenvalue weighted by Gasteiger charge is -2.39. The molecule has 280 valence electrons. The lowest BCUT2D eigenvalue weighted by molar-refractivity contribution is -0.136. The zero-order chi connectivity index (χ0) is 37.5. The van der Waals surface area contributed by atoms with Gasteiger partial charge in [-0.1, -0.05) is 0 Å². The van der Waals surface area contributed by atoms with Crippen molar-refractivity contribution >= 4 is 45.9 Å². The van der Waals surface area contributed by atoms with Gasteiger partial charge in [0.1, 0.15) is 28.8 Å². The highest BCUT2D eigenvalue weighted by Gasteiger charge is 2.44. The van der Waals surface area contributed by atoms with Crippen LogP contribution < -0.4 is 30.6 Å². The molecule has 3 saturated heterocycles. The molecule has 4 aliphatic heterocycles. The summed E-state index contributed by atoms with van der Waals surface area (Å²) in [5, 5.41) is 6.22. The topological polar surface area (TPSA) is 166 Å². The quantitative estimate of drug-likeness (QED) is 0.214. The summed E-state index contributed by atoms with van der Waals surface area (Å²) in [5.41, 5.74) is 3.53. The number of nitrogens with zero attached hydrogens (tertiary/aromatic N) is 4. The maximum Gasteiger partial charge on any atom is 0.262 e. The van der Waals surface area contributed by atoms with Crippen LogP contribution in [0.5, 0.6) is 11.5 Å². The molecule has 54 heavy (non-hydrogen) atoms. The number of methoxy groups -OCH3 is 2. The number of fused-ring (bicyclic) bond motifs is 2. The van der Waals surface area contributed by atoms with E-state index >= 15 is 0 Å². The van der Waals surface area contributed by atoms with Gasteiger partial charge in [-0.15, -0.1) is 0 Å². The number of aromatic nitrogens is 2. The molecule has 14 heteroatoms. The van der Waals surface area contributed by atoms with E-state index in [1.165, 1.54) is 7.11 Å². The van der Waals surface area contributed by atoms with E-state index in [1.54, 1.807) is 31.4 Å². The first-order valence-corrected chi connectivity index (χ1v) is 18.5. The zero-order valence-corrected chi connectivity index (χ0v) is 30.4. The number of hydrogen-bond donors (Lipinski definition) is 3. The van der Waals surface area contributed by atoms with E-state index in [4.69, 9.17) is 14.5 Å². The second-order valence-corrected chi connectivity index (χ2v) is 14.6. The van der Waals surface area contributed by atoms with Crippen molar-refractivity contribution in [1.82, 2.24) is 25.1 Å². The van der Waals surface area contributed by atoms with Crippen LogP contribution in [-0.4, -0.2) is 102 Å². The number of anilines is 2. The number of nitrogens with one attached hydrogen (secondary N) is 3. The lowest BCUT2D eigenvalue weighted by atomic mass is 9.94. The predicted molar refractivity (Wildman–Crippen MR) is 202 cm³/mol. The van der Waals surface area contributed by atoms with E-state index in [-0.39, 0.29) is 35.6 Å². The minimum atomic E-state index is -0.978. The van der Waals surface area contributed by atoms with E-state index in [2.05, 4.69) is 37.6 Å². The van der Waals surface area contributed by atoms with Gasteiger partial charge in [0, 0.05) is 67.7 Å². The molecule has 1 aromatic heterocycles. The van der Waals surface area contributed by atoms with Crippen molar-refractivity contribution in [1.29, 1.82) is 0 Å². The summed E-state index contributed by atoms with van der Waals surface area (Å²) >= 11 is 0. The minimum absolute atomic E-state index is 0.0893. The van der Waals surface area contributed by atoms with Crippen LogP contribution in [-0.2, 0) is 9.59 Å². The Labute approximate surface area is 311 Å². The average Bonchev–Trinajstić information content (AvgIpc) is 3.42. The number of ether oxygens (including phenoxy) is 2. The number of carbonyl (C=O) groups excluding carboxylic acids is 4. The first-order chi connectivity index (χ1) is 26.2. The van der Waals surface area contributed by atoms with Gasteiger partial charge in [0.25, 0.3) is 17.4 Å². The molecule has 3 fully saturated rings. The molecular weight excluding hydrogens is 690 g/mol. The SMILES string of the molecule is COc1cc(OC)c2c(=O)[nH]c(-c3ccc(N4CCC(CN5CCC[C@@H](Nc6ccc7c(c6)C(=O)N(C6CCC(=O)NC6=O)C7=O)C5)CC4)cc3)nc2c1. The molecule has 1 unspecified atom stereocenters. The molecule has 5 heterocycles. The van der Waals surface area contributed by atoms with Crippen molar-refractivity contribution in [3.63, 3.8) is 0 Å². The number of carbonyl (C=O) groups is 4. The Hall–Kier alpha value is -5.76. The number of likely N-dealkylation sites (tertiary alicyclic amines) is 1. The number of aromatic amines is 1. The zero-order valence-electron chi connectivity index (χ0n) is 30.4. The molecule has 0 bridgehead atoms. The fraction of sp³-hybridized carbons (Fsp3) is 0.400. The third-order valence-corrected chi connectivity index (χ3v) is 11.2. The molecule has 14 nitrogen and oxygen atoms in total. The van der Waals surface area contributed by atoms with Gasteiger partial charge < -0.3 is 29.6 Å². The maximum absolute atomic E-state index is 13.3. The van der Waals surface area contributed by atoms with Crippen molar-refractivity contribution in [3.8, 4) is 22.9 Å². The monoisotopic (exact) mass is 733 g/mol. The number of amides is 4. The number of rotatable bonds is 9. The Morgan fingerprint density at radius 3 is 2.37 bits per heavy atom. The largest absolute Gasteiger partial charge is 0.497 e. The highest BCUT2D eigenvalue weighted by atomic mass is 16.5. The van der Waals surface area contributed by atoms with Gasteiger partial charge in [-0.05, 0) is 87.0 Å². The van der Waals surface area contributed by atoms with E-state index in [1.807, 2.05) is 18.2 Å². The van der Waals surface area contributed by atoms with E-state index < -0.39 is 29.7 Å². The molecule has 8 rings (SSSR count). The minimum Gasteiger partial charge on any atom is -0.497 e. The summed E-state index contributed by atoms with van der Waals surface area (Å²) in [5.74, 6) is 0.0471. The van der Waals surface area contributed by atoms with Gasteiger partial charge in [0.2, 0.25) is 11.8 Å². The molecule has 2 atom stereocenters. The van der Waals surface area contributed by atoms with Gasteiger partial charge in [0.05, 0.1) is 30.9 Å². The summed E-state index contributed by atoms with van der Waals surface area (Å²) in [7, 11) is 3.08. The number of piperidine rings is 3. The molecule has 0 saturated carbocycles. The molecule has 0 radical (unpaired) electrons. The van der Waals surface area contributed by atoms with Crippen LogP contribution in [0.4, 0.5) is 11.4 Å². The van der Waals surface area contributed by atoms with Crippen molar-refractivity contribution in [2.45, 2.75) is 50.6 Å². The van der Waals surface area contributed by atoms with Gasteiger partial charge in [-0.25, -0.2) is 4.98 Å². The molecule has 4 aromatic rings. The second-order valence-electron chi connectivity index (χ2n) is 14.6. The van der Waals surface area contributed by atoms with Gasteiger partial charge in [-0.2, -0.15) is 0 Å². The number of imide groups is 2. The van der Waals surface area contributed by atoms with Crippen LogP contribution in [0, 0.1) is 5.92 Å². The van der Waals surface area contributed by atoms with Crippen LogP contribution in [0.25, 0.3) is 22.3 Å². The Kier molecular flexibility index (Phi) is 9.52. The Bertz CT molecular complexity index is 2200. The third-order valence-electron chi connectivity index (χ3n) is 11.2. The molecule has 0 aliphatic carbocycles. The molecule has 3 aromatic carbocycles. The summed E-state index contributed by atoms with van der Waals surface area (Å²) < 4.78 is 10.8. The van der Waals surface area contributed by atoms with Crippen molar-refractivity contribution in [2.75, 3.05) is 57.2 Å². The van der Waals surface area contributed by atoms with Gasteiger partial charge >= 0.3 is 0 Å². The van der Waals surface area contributed by atoms with Crippen LogP contribution in [0.3, 0.4) is 0 Å². The number of hydrogen-bond acceptors (Lipinski definition) is 11. The molecule has 4 aliphatic rings. The van der Waals surface area contributed by atoms with Crippen LogP contribution in [0.15, 0.2) is 59.4 Å². The van der Waals surface area contributed by atoms with Crippen molar-refractivity contribution in [2.24, 2.45) is 5.92 Å². The standard InChI is InChI=1S/C40H43N7O7/c1-53-28-19-31-35(33(20-28)54-2)38(50)44-36(42-31)24-5-8-27(9-6-24)46-16-13-23(14-17-46)21-45-15-3-4-26(22-45)41-25-7-10-29-30(18-25)40(52)47(39(29)51)32-11-12-34(48)43-37(32)49/h5-10,18-20,23,26,32,41H,3-4,11-17,21-22H2,1-2H3,(H,42,44,50)(H,43,48,49)/t26-,32?/m1/s1. The summed E-state index contributed by atoms with van der Waals surface area (Å²) in [6, 6.07) is 16.0. The number of H-pyrrole nitrogens is 1. The van der Waals surface area contributed by atoms with E-state index in [0.717, 1.165) is 80.2 Å². The fourth-order valence-corrected chi connectivity index (χ4v) is 8.33. The van der Waals surface area contributed by atoms with E-state index in [0.29, 0.717) is 34.1 Å². The fourth-order valence-electron chi connectivity index (χ4n) is 8.33. The van der Waals surface area contributed by atoms with Gasteiger partial charge in [0.15, 0.2) is 0 Å². The van der Waals surface area contributed by atoms with Crippen LogP contribution in [0.1, 0.15) is 59.2 Å². The Balaban J connectivity index is 0.849. The molecule has 4 amide bonds. The summed E-state index contributed by atoms with van der Waals surface area (Å²) in [6.07, 6.45) is 4.46. The second kappa shape index (κ2) is 14.6. The maximum atomic E-state index is 13.3. The lowest BCUT2D eigenvalue weighted by Crippen LogP contribution is -2.54. The summed E-state index contributed by atoms with van der Waals surface area (Å²) in [6.45, 7) is 4.88. The van der Waals surface area contributed by atoms with Crippen LogP contribution >= 0.6 is 0 Å².